The lowest BCUT2D eigenvalue weighted by atomic mass is 10.2. The van der Waals surface area contributed by atoms with E-state index < -0.39 is 0 Å². The Hall–Kier alpha value is -1.04. The molecule has 0 aliphatic carbocycles. The molecule has 0 unspecified atom stereocenters. The molecule has 0 saturated heterocycles. The minimum Gasteiger partial charge on any atom is -0.490 e. The normalized spacial score (nSPS) is 9.82. The van der Waals surface area contributed by atoms with Crippen LogP contribution in [0.3, 0.4) is 0 Å². The van der Waals surface area contributed by atoms with Gasteiger partial charge in [-0.05, 0) is 54.1 Å². The molecule has 0 heterocycles. The van der Waals surface area contributed by atoms with Gasteiger partial charge in [-0.25, -0.2) is 0 Å². The van der Waals surface area contributed by atoms with E-state index in [9.17, 15) is 4.79 Å². The largest absolute Gasteiger partial charge is 0.490 e. The molecule has 0 amide bonds. The van der Waals surface area contributed by atoms with Crippen molar-refractivity contribution in [3.05, 3.63) is 33.4 Å². The van der Waals surface area contributed by atoms with Crippen LogP contribution in [0, 0.1) is 3.57 Å². The zero-order valence-corrected chi connectivity index (χ0v) is 12.1. The summed E-state index contributed by atoms with van der Waals surface area (Å²) >= 11 is 2.13. The number of carbonyl (C=O) groups is 1. The fourth-order valence-corrected chi connectivity index (χ4v) is 2.04. The lowest BCUT2D eigenvalue weighted by Crippen LogP contribution is -2.03. The molecule has 17 heavy (non-hydrogen) atoms. The minimum absolute atomic E-state index is 0.441. The first-order valence-electron chi connectivity index (χ1n) is 5.27. The summed E-state index contributed by atoms with van der Waals surface area (Å²) in [4.78, 5) is 10.8. The molecule has 0 aliphatic rings. The molecule has 0 radical (unpaired) electrons. The number of carbonyl (C=O) groups excluding carboxylic acids is 1. The Balaban J connectivity index is 3.06. The fourth-order valence-electron chi connectivity index (χ4n) is 1.25. The topological polar surface area (TPSA) is 35.5 Å². The summed E-state index contributed by atoms with van der Waals surface area (Å²) in [6, 6.07) is 3.45. The van der Waals surface area contributed by atoms with Gasteiger partial charge in [0.1, 0.15) is 12.9 Å². The van der Waals surface area contributed by atoms with E-state index >= 15 is 0 Å². The fraction of sp³-hybridized carbons (Fsp3) is 0.308. The highest BCUT2D eigenvalue weighted by molar-refractivity contribution is 14.1. The van der Waals surface area contributed by atoms with Crippen LogP contribution in [0.2, 0.25) is 0 Å². The van der Waals surface area contributed by atoms with E-state index in [-0.39, 0.29) is 0 Å². The number of benzene rings is 1. The third kappa shape index (κ3) is 4.03. The Kier molecular flexibility index (Phi) is 5.47. The maximum atomic E-state index is 10.8. The Morgan fingerprint density at radius 3 is 2.71 bits per heavy atom. The quantitative estimate of drug-likeness (QED) is 0.450. The van der Waals surface area contributed by atoms with E-state index in [1.165, 1.54) is 0 Å². The van der Waals surface area contributed by atoms with Gasteiger partial charge in [0, 0.05) is 5.56 Å². The molecule has 0 aliphatic heterocycles. The Labute approximate surface area is 115 Å². The van der Waals surface area contributed by atoms with Crippen LogP contribution in [0.5, 0.6) is 11.5 Å². The molecule has 0 saturated carbocycles. The summed E-state index contributed by atoms with van der Waals surface area (Å²) in [7, 11) is 0. The van der Waals surface area contributed by atoms with Crippen molar-refractivity contribution in [3.63, 3.8) is 0 Å². The summed E-state index contributed by atoms with van der Waals surface area (Å²) in [6.45, 7) is 8.54. The molecule has 4 heteroatoms. The van der Waals surface area contributed by atoms with Gasteiger partial charge in [0.2, 0.25) is 0 Å². The van der Waals surface area contributed by atoms with Crippen molar-refractivity contribution >= 4 is 28.9 Å². The molecule has 0 spiro atoms. The van der Waals surface area contributed by atoms with Gasteiger partial charge < -0.3 is 9.47 Å². The van der Waals surface area contributed by atoms with E-state index in [4.69, 9.17) is 9.47 Å². The zero-order valence-electron chi connectivity index (χ0n) is 9.96. The van der Waals surface area contributed by atoms with E-state index in [1.807, 2.05) is 13.8 Å². The number of aldehydes is 1. The van der Waals surface area contributed by atoms with Gasteiger partial charge >= 0.3 is 0 Å². The van der Waals surface area contributed by atoms with E-state index in [0.29, 0.717) is 30.3 Å². The highest BCUT2D eigenvalue weighted by Gasteiger charge is 2.11. The van der Waals surface area contributed by atoms with Crippen molar-refractivity contribution in [2.24, 2.45) is 0 Å². The number of hydrogen-bond acceptors (Lipinski definition) is 3. The molecule has 0 aromatic heterocycles. The standard InChI is InChI=1S/C13H15IO3/c1-4-16-12-6-10(7-15)5-11(14)13(12)17-8-9(2)3/h5-7H,2,4,8H2,1,3H3. The first kappa shape index (κ1) is 14.0. The Morgan fingerprint density at radius 1 is 1.47 bits per heavy atom. The molecule has 0 bridgehead atoms. The second kappa shape index (κ2) is 6.64. The SMILES string of the molecule is C=C(C)COc1c(I)cc(C=O)cc1OCC. The van der Waals surface area contributed by atoms with Crippen molar-refractivity contribution in [2.75, 3.05) is 13.2 Å². The maximum absolute atomic E-state index is 10.8. The van der Waals surface area contributed by atoms with Gasteiger partial charge in [-0.2, -0.15) is 0 Å². The number of hydrogen-bond donors (Lipinski definition) is 0. The van der Waals surface area contributed by atoms with Crippen molar-refractivity contribution < 1.29 is 14.3 Å². The van der Waals surface area contributed by atoms with E-state index in [1.54, 1.807) is 12.1 Å². The number of rotatable bonds is 6. The first-order valence-corrected chi connectivity index (χ1v) is 6.35. The third-order valence-electron chi connectivity index (χ3n) is 1.93. The molecule has 1 rings (SSSR count). The van der Waals surface area contributed by atoms with E-state index in [0.717, 1.165) is 15.4 Å². The van der Waals surface area contributed by atoms with Gasteiger partial charge in [-0.15, -0.1) is 0 Å². The predicted octanol–water partition coefficient (Wildman–Crippen LogP) is 3.46. The zero-order chi connectivity index (χ0) is 12.8. The third-order valence-corrected chi connectivity index (χ3v) is 2.73. The van der Waals surface area contributed by atoms with Crippen LogP contribution in [0.4, 0.5) is 0 Å². The monoisotopic (exact) mass is 346 g/mol. The molecular weight excluding hydrogens is 331 g/mol. The summed E-state index contributed by atoms with van der Waals surface area (Å²) in [5, 5.41) is 0. The molecule has 0 atom stereocenters. The van der Waals surface area contributed by atoms with Crippen molar-refractivity contribution in [3.8, 4) is 11.5 Å². The van der Waals surface area contributed by atoms with Crippen LogP contribution in [-0.2, 0) is 0 Å². The van der Waals surface area contributed by atoms with Crippen LogP contribution in [0.25, 0.3) is 0 Å². The van der Waals surface area contributed by atoms with Gasteiger partial charge in [0.05, 0.1) is 10.2 Å². The molecule has 0 N–H and O–H groups in total. The molecule has 0 fully saturated rings. The average Bonchev–Trinajstić information content (AvgIpc) is 2.27. The van der Waals surface area contributed by atoms with Crippen molar-refractivity contribution in [2.45, 2.75) is 13.8 Å². The predicted molar refractivity (Wildman–Crippen MR) is 76.0 cm³/mol. The Bertz CT molecular complexity index is 427. The van der Waals surface area contributed by atoms with Crippen LogP contribution >= 0.6 is 22.6 Å². The van der Waals surface area contributed by atoms with Crippen LogP contribution in [0.1, 0.15) is 24.2 Å². The average molecular weight is 346 g/mol. The van der Waals surface area contributed by atoms with Crippen LogP contribution in [0.15, 0.2) is 24.3 Å². The molecule has 1 aromatic carbocycles. The van der Waals surface area contributed by atoms with Gasteiger partial charge in [-0.3, -0.25) is 4.79 Å². The maximum Gasteiger partial charge on any atom is 0.174 e. The molecule has 92 valence electrons. The van der Waals surface area contributed by atoms with Gasteiger partial charge in [-0.1, -0.05) is 6.58 Å². The molecular formula is C13H15IO3. The molecule has 1 aromatic rings. The second-order valence-corrected chi connectivity index (χ2v) is 4.79. The lowest BCUT2D eigenvalue weighted by molar-refractivity contribution is 0.112. The summed E-state index contributed by atoms with van der Waals surface area (Å²) in [5.74, 6) is 1.27. The van der Waals surface area contributed by atoms with Crippen molar-refractivity contribution in [1.82, 2.24) is 0 Å². The Morgan fingerprint density at radius 2 is 2.18 bits per heavy atom. The second-order valence-electron chi connectivity index (χ2n) is 3.63. The van der Waals surface area contributed by atoms with Crippen molar-refractivity contribution in [1.29, 1.82) is 0 Å². The van der Waals surface area contributed by atoms with Gasteiger partial charge in [0.25, 0.3) is 0 Å². The van der Waals surface area contributed by atoms with Gasteiger partial charge in [0.15, 0.2) is 11.5 Å². The summed E-state index contributed by atoms with van der Waals surface area (Å²) in [5.41, 5.74) is 1.52. The van der Waals surface area contributed by atoms with E-state index in [2.05, 4.69) is 29.2 Å². The summed E-state index contributed by atoms with van der Waals surface area (Å²) in [6.07, 6.45) is 0.799. The smallest absolute Gasteiger partial charge is 0.174 e. The summed E-state index contributed by atoms with van der Waals surface area (Å²) < 4.78 is 12.0. The minimum atomic E-state index is 0.441. The number of halogens is 1. The molecule has 3 nitrogen and oxygen atoms in total. The lowest BCUT2D eigenvalue weighted by Gasteiger charge is -2.14. The highest BCUT2D eigenvalue weighted by atomic mass is 127. The highest BCUT2D eigenvalue weighted by Crippen LogP contribution is 2.34. The number of ether oxygens (including phenoxy) is 2. The first-order chi connectivity index (χ1) is 8.08. The van der Waals surface area contributed by atoms with Crippen LogP contribution < -0.4 is 9.47 Å². The van der Waals surface area contributed by atoms with Crippen LogP contribution in [-0.4, -0.2) is 19.5 Å².